The molecular weight excluding hydrogens is 1060 g/mol. The summed E-state index contributed by atoms with van der Waals surface area (Å²) in [5, 5.41) is 5.31. The highest BCUT2D eigenvalue weighted by atomic mass is 17.4. The summed E-state index contributed by atoms with van der Waals surface area (Å²) < 4.78 is 35.0. The number of hydrogen-bond donors (Lipinski definition) is 2. The van der Waals surface area contributed by atoms with Gasteiger partial charge in [-0.05, 0) is 147 Å². The Kier molecular flexibility index (Phi) is 18.0. The zero-order chi connectivity index (χ0) is 59.5. The molecule has 1 aliphatic heterocycles. The minimum Gasteiger partial charge on any atom is -0.468 e. The fraction of sp³-hybridized carbons (Fsp3) is 0.871. The Morgan fingerprint density at radius 2 is 0.841 bits per heavy atom. The Balaban J connectivity index is 0.899. The molecule has 9 aliphatic rings. The van der Waals surface area contributed by atoms with Crippen LogP contribution in [0.1, 0.15) is 185 Å². The number of carbonyl (C=O) groups excluding carboxylic acids is 8. The number of esters is 6. The number of rotatable bonds is 16. The Morgan fingerprint density at radius 3 is 1.17 bits per heavy atom. The third-order valence-corrected chi connectivity index (χ3v) is 23.9. The van der Waals surface area contributed by atoms with Crippen LogP contribution in [0.2, 0.25) is 0 Å². The van der Waals surface area contributed by atoms with Gasteiger partial charge in [-0.2, -0.15) is 19.6 Å². The molecule has 0 radical (unpaired) electrons. The SMILES string of the molecule is COC(=O)CNC(=O)CCC(C)[C@H]1CCC2C3C(OC(C)=O)C[C@@H]4CC5(CC[C@]4(C)C3C[C@H](OC(C)=O)[C@@]21C)OOC1(CC[C@]2(C)C3C[C@H](OC(C)=O)[C@@]4(C)C(CC[C@@H]4C(C)CCC(=O)NCC(=O)OC)C3C(OC(C)=O)C[C@@H]2C1)OO5. The average Bonchev–Trinajstić information content (AvgIpc) is 1.82. The average molecular weight is 1160 g/mol. The lowest BCUT2D eigenvalue weighted by atomic mass is 9.42. The summed E-state index contributed by atoms with van der Waals surface area (Å²) in [6.07, 6.45) is 8.93. The first-order chi connectivity index (χ1) is 38.7. The number of fused-ring (bicyclic) bond motifs is 10. The van der Waals surface area contributed by atoms with Crippen molar-refractivity contribution in [2.75, 3.05) is 27.3 Å². The predicted octanol–water partition coefficient (Wildman–Crippen LogP) is 8.18. The van der Waals surface area contributed by atoms with Gasteiger partial charge in [0.2, 0.25) is 23.4 Å². The molecule has 82 heavy (non-hydrogen) atoms. The van der Waals surface area contributed by atoms with Crippen LogP contribution in [0.3, 0.4) is 0 Å². The number of carbonyl (C=O) groups is 8. The van der Waals surface area contributed by atoms with E-state index in [9.17, 15) is 38.4 Å². The van der Waals surface area contributed by atoms with Crippen LogP contribution in [0.15, 0.2) is 0 Å². The molecular formula is C62H94N2O18. The fourth-order valence-electron chi connectivity index (χ4n) is 19.9. The van der Waals surface area contributed by atoms with Crippen molar-refractivity contribution in [1.29, 1.82) is 0 Å². The van der Waals surface area contributed by atoms with Crippen molar-refractivity contribution in [2.24, 2.45) is 92.7 Å². The zero-order valence-corrected chi connectivity index (χ0v) is 50.7. The van der Waals surface area contributed by atoms with Gasteiger partial charge >= 0.3 is 35.8 Å². The molecule has 20 nitrogen and oxygen atoms in total. The van der Waals surface area contributed by atoms with Crippen molar-refractivity contribution >= 4 is 47.6 Å². The first-order valence-electron chi connectivity index (χ1n) is 30.7. The molecule has 2 N–H and O–H groups in total. The molecule has 1 saturated heterocycles. The lowest BCUT2D eigenvalue weighted by molar-refractivity contribution is -0.667. The van der Waals surface area contributed by atoms with Crippen molar-refractivity contribution in [3.8, 4) is 0 Å². The minimum absolute atomic E-state index is 0.00472. The fourth-order valence-corrected chi connectivity index (χ4v) is 19.9. The number of ether oxygens (including phenoxy) is 6. The van der Waals surface area contributed by atoms with Crippen LogP contribution >= 0.6 is 0 Å². The van der Waals surface area contributed by atoms with Crippen LogP contribution in [0.4, 0.5) is 0 Å². The Labute approximate surface area is 483 Å². The molecule has 0 aromatic heterocycles. The van der Waals surface area contributed by atoms with E-state index in [0.717, 1.165) is 25.7 Å². The summed E-state index contributed by atoms with van der Waals surface area (Å²) in [5.74, 6) is -4.87. The van der Waals surface area contributed by atoms with E-state index in [2.05, 4.69) is 52.2 Å². The van der Waals surface area contributed by atoms with E-state index in [1.807, 2.05) is 0 Å². The maximum absolute atomic E-state index is 13.1. The summed E-state index contributed by atoms with van der Waals surface area (Å²) in [5.41, 5.74) is -1.48. The topological polar surface area (TPSA) is 253 Å². The standard InChI is InChI=1S/C62H94N2O18/c1-33(13-19-51(69)63-31-53(71)73-11)41-15-17-43-55-45(27-49(59(41,43)9)77-37(5)67)57(7)21-23-61(29-39(57)25-47(55)75-35(3)65)79-81-62(82-80-61)24-22-58(8)40(30-62)26-48(76-36(4)66)56-44-18-16-42(34(2)14-20-52(70)64-32-54(72)74-12)60(44,10)50(28-46(56)58)78-38(6)68/h33-34,39-50,55-56H,13-32H2,1-12H3,(H,63,69)(H,64,70)/t33?,34?,39-,40-,41-,42-,43?,44?,45?,46?,47?,48?,49+,50+,55?,56?,57+,58+,59-,60-,61?,62?/m1/s1. The lowest BCUT2D eigenvalue weighted by Gasteiger charge is -2.66. The highest BCUT2D eigenvalue weighted by Gasteiger charge is 2.72. The lowest BCUT2D eigenvalue weighted by Crippen LogP contribution is -2.66. The van der Waals surface area contributed by atoms with Crippen LogP contribution in [-0.4, -0.2) is 111 Å². The number of amides is 2. The zero-order valence-electron chi connectivity index (χ0n) is 50.7. The van der Waals surface area contributed by atoms with Crippen LogP contribution in [0.25, 0.3) is 0 Å². The maximum Gasteiger partial charge on any atom is 0.325 e. The van der Waals surface area contributed by atoms with E-state index in [4.69, 9.17) is 48.0 Å². The van der Waals surface area contributed by atoms with E-state index in [1.54, 1.807) is 0 Å². The molecule has 2 spiro atoms. The second kappa shape index (κ2) is 23.8. The van der Waals surface area contributed by atoms with Gasteiger partial charge < -0.3 is 39.1 Å². The molecule has 2 amide bonds. The van der Waals surface area contributed by atoms with Gasteiger partial charge in [-0.1, -0.05) is 41.5 Å². The molecule has 8 aliphatic carbocycles. The smallest absolute Gasteiger partial charge is 0.325 e. The van der Waals surface area contributed by atoms with Crippen molar-refractivity contribution in [3.63, 3.8) is 0 Å². The Bertz CT molecular complexity index is 2280. The van der Waals surface area contributed by atoms with Crippen LogP contribution < -0.4 is 10.6 Å². The highest BCUT2D eigenvalue weighted by molar-refractivity contribution is 5.82. The predicted molar refractivity (Wildman–Crippen MR) is 291 cm³/mol. The van der Waals surface area contributed by atoms with Crippen molar-refractivity contribution in [1.82, 2.24) is 10.6 Å². The first-order valence-corrected chi connectivity index (χ1v) is 30.7. The number of methoxy groups -OCH3 is 2. The second-order valence-electron chi connectivity index (χ2n) is 27.8. The molecule has 460 valence electrons. The van der Waals surface area contributed by atoms with Gasteiger partial charge in [-0.3, -0.25) is 38.4 Å². The third kappa shape index (κ3) is 11.5. The van der Waals surface area contributed by atoms with Gasteiger partial charge in [0.25, 0.3) is 0 Å². The summed E-state index contributed by atoms with van der Waals surface area (Å²) in [6.45, 7) is 18.9. The summed E-state index contributed by atoms with van der Waals surface area (Å²) in [4.78, 5) is 128. The maximum atomic E-state index is 13.1. The quantitative estimate of drug-likeness (QED) is 0.0839. The normalized spacial score (nSPS) is 43.1. The van der Waals surface area contributed by atoms with Gasteiger partial charge in [0.05, 0.1) is 14.2 Å². The van der Waals surface area contributed by atoms with E-state index >= 15 is 0 Å². The van der Waals surface area contributed by atoms with Gasteiger partial charge in [0.15, 0.2) is 0 Å². The third-order valence-electron chi connectivity index (χ3n) is 23.9. The van der Waals surface area contributed by atoms with E-state index in [1.165, 1.54) is 41.9 Å². The Morgan fingerprint density at radius 1 is 0.488 bits per heavy atom. The molecule has 0 aromatic carbocycles. The van der Waals surface area contributed by atoms with Gasteiger partial charge in [0.1, 0.15) is 37.5 Å². The van der Waals surface area contributed by atoms with Crippen LogP contribution in [0.5, 0.6) is 0 Å². The molecule has 1 heterocycles. The Hall–Kier alpha value is -4.40. The molecule has 20 heteroatoms. The van der Waals surface area contributed by atoms with Crippen molar-refractivity contribution in [3.05, 3.63) is 0 Å². The summed E-state index contributed by atoms with van der Waals surface area (Å²) in [6, 6.07) is 0. The highest BCUT2D eigenvalue weighted by Crippen LogP contribution is 2.73. The second-order valence-corrected chi connectivity index (χ2v) is 27.8. The van der Waals surface area contributed by atoms with E-state index < -0.39 is 58.8 Å². The van der Waals surface area contributed by atoms with Crippen LogP contribution in [-0.2, 0) is 86.3 Å². The molecule has 8 saturated carbocycles. The van der Waals surface area contributed by atoms with Crippen molar-refractivity contribution < 1.29 is 86.3 Å². The summed E-state index contributed by atoms with van der Waals surface area (Å²) >= 11 is 0. The molecule has 20 atom stereocenters. The van der Waals surface area contributed by atoms with E-state index in [-0.39, 0.29) is 143 Å². The molecule has 10 unspecified atom stereocenters. The molecule has 0 aromatic rings. The number of hydrogen-bond acceptors (Lipinski definition) is 18. The molecule has 0 bridgehead atoms. The monoisotopic (exact) mass is 1150 g/mol. The van der Waals surface area contributed by atoms with Gasteiger partial charge in [-0.25, -0.2) is 0 Å². The first kappa shape index (κ1) is 62.1. The minimum atomic E-state index is -1.24. The van der Waals surface area contributed by atoms with Gasteiger partial charge in [0, 0.05) is 88.9 Å². The molecule has 9 rings (SSSR count). The van der Waals surface area contributed by atoms with Crippen LogP contribution in [0, 0.1) is 92.7 Å². The molecule has 9 fully saturated rings. The largest absolute Gasteiger partial charge is 0.468 e. The summed E-state index contributed by atoms with van der Waals surface area (Å²) in [7, 11) is 2.56. The van der Waals surface area contributed by atoms with Gasteiger partial charge in [-0.15, -0.1) is 0 Å². The van der Waals surface area contributed by atoms with E-state index in [0.29, 0.717) is 77.0 Å². The number of nitrogens with one attached hydrogen (secondary N) is 2. The van der Waals surface area contributed by atoms with Crippen molar-refractivity contribution in [2.45, 2.75) is 221 Å².